The molecule has 1 aromatic rings. The molecule has 1 aliphatic heterocycles. The number of hydrogen-bond donors (Lipinski definition) is 1. The van der Waals surface area contributed by atoms with Crippen LogP contribution in [0.4, 0.5) is 9.18 Å². The number of rotatable bonds is 3. The highest BCUT2D eigenvalue weighted by Crippen LogP contribution is 2.18. The summed E-state index contributed by atoms with van der Waals surface area (Å²) in [4.78, 5) is 13.4. The maximum Gasteiger partial charge on any atom is 0.410 e. The van der Waals surface area contributed by atoms with Gasteiger partial charge in [0.25, 0.3) is 0 Å². The Bertz CT molecular complexity index is 525. The third-order valence-electron chi connectivity index (χ3n) is 3.11. The van der Waals surface area contributed by atoms with E-state index in [1.807, 2.05) is 20.8 Å². The summed E-state index contributed by atoms with van der Waals surface area (Å²) >= 11 is 3.17. The predicted molar refractivity (Wildman–Crippen MR) is 82.5 cm³/mol. The Labute approximate surface area is 132 Å². The van der Waals surface area contributed by atoms with Crippen LogP contribution in [-0.4, -0.2) is 35.7 Å². The third kappa shape index (κ3) is 4.68. The molecular formula is C15H20BrFN2O2. The summed E-state index contributed by atoms with van der Waals surface area (Å²) in [6, 6.07) is 5.19. The van der Waals surface area contributed by atoms with Gasteiger partial charge in [-0.2, -0.15) is 0 Å². The van der Waals surface area contributed by atoms with Gasteiger partial charge < -0.3 is 15.0 Å². The summed E-state index contributed by atoms with van der Waals surface area (Å²) in [5.74, 6) is -0.265. The second kappa shape index (κ2) is 6.32. The molecule has 1 aromatic carbocycles. The number of likely N-dealkylation sites (tertiary alicyclic amines) is 1. The van der Waals surface area contributed by atoms with Crippen LogP contribution >= 0.6 is 15.9 Å². The van der Waals surface area contributed by atoms with Crippen molar-refractivity contribution in [2.45, 2.75) is 39.0 Å². The summed E-state index contributed by atoms with van der Waals surface area (Å²) in [5.41, 5.74) is 0.537. The van der Waals surface area contributed by atoms with Gasteiger partial charge in [-0.3, -0.25) is 0 Å². The lowest BCUT2D eigenvalue weighted by atomic mass is 10.1. The summed E-state index contributed by atoms with van der Waals surface area (Å²) < 4.78 is 18.9. The molecule has 0 radical (unpaired) electrons. The van der Waals surface area contributed by atoms with Gasteiger partial charge in [0.15, 0.2) is 0 Å². The number of benzene rings is 1. The standard InChI is InChI=1S/C15H20BrFN2O2/c1-15(2,3)21-14(20)19-8-11(9-19)18-7-10-4-5-13(17)12(16)6-10/h4-6,11,18H,7-9H2,1-3H3. The van der Waals surface area contributed by atoms with Crippen LogP contribution in [0.3, 0.4) is 0 Å². The van der Waals surface area contributed by atoms with Gasteiger partial charge in [0, 0.05) is 25.7 Å². The smallest absolute Gasteiger partial charge is 0.410 e. The van der Waals surface area contributed by atoms with Crippen molar-refractivity contribution in [3.8, 4) is 0 Å². The Balaban J connectivity index is 1.73. The molecule has 1 heterocycles. The fraction of sp³-hybridized carbons (Fsp3) is 0.533. The van der Waals surface area contributed by atoms with Gasteiger partial charge in [-0.05, 0) is 54.4 Å². The first-order valence-electron chi connectivity index (χ1n) is 6.90. The molecule has 1 aliphatic rings. The van der Waals surface area contributed by atoms with Crippen molar-refractivity contribution >= 4 is 22.0 Å². The summed E-state index contributed by atoms with van der Waals surface area (Å²) in [6.07, 6.45) is -0.273. The fourth-order valence-corrected chi connectivity index (χ4v) is 2.42. The van der Waals surface area contributed by atoms with E-state index in [0.717, 1.165) is 5.56 Å². The summed E-state index contributed by atoms with van der Waals surface area (Å²) in [6.45, 7) is 7.48. The van der Waals surface area contributed by atoms with E-state index >= 15 is 0 Å². The van der Waals surface area contributed by atoms with Crippen LogP contribution in [0.1, 0.15) is 26.3 Å². The monoisotopic (exact) mass is 358 g/mol. The van der Waals surface area contributed by atoms with E-state index in [2.05, 4.69) is 21.2 Å². The van der Waals surface area contributed by atoms with E-state index in [0.29, 0.717) is 24.1 Å². The Hall–Kier alpha value is -1.14. The molecule has 0 aliphatic carbocycles. The molecule has 1 amide bonds. The predicted octanol–water partition coefficient (Wildman–Crippen LogP) is 3.30. The number of carbonyl (C=O) groups is 1. The Morgan fingerprint density at radius 2 is 2.14 bits per heavy atom. The minimum absolute atomic E-state index is 0.251. The molecule has 0 aromatic heterocycles. The van der Waals surface area contributed by atoms with Crippen LogP contribution in [0.15, 0.2) is 22.7 Å². The maximum absolute atomic E-state index is 13.1. The normalized spacial score (nSPS) is 15.8. The molecule has 116 valence electrons. The molecule has 0 bridgehead atoms. The lowest BCUT2D eigenvalue weighted by Crippen LogP contribution is -2.60. The molecule has 21 heavy (non-hydrogen) atoms. The van der Waals surface area contributed by atoms with Crippen molar-refractivity contribution in [2.24, 2.45) is 0 Å². The minimum Gasteiger partial charge on any atom is -0.444 e. The maximum atomic E-state index is 13.1. The first-order valence-corrected chi connectivity index (χ1v) is 7.69. The highest BCUT2D eigenvalue weighted by molar-refractivity contribution is 9.10. The molecule has 6 heteroatoms. The van der Waals surface area contributed by atoms with E-state index in [9.17, 15) is 9.18 Å². The Morgan fingerprint density at radius 3 is 2.71 bits per heavy atom. The van der Waals surface area contributed by atoms with Gasteiger partial charge in [0.05, 0.1) is 4.47 Å². The molecule has 4 nitrogen and oxygen atoms in total. The molecule has 2 rings (SSSR count). The van der Waals surface area contributed by atoms with Crippen molar-refractivity contribution in [1.82, 2.24) is 10.2 Å². The topological polar surface area (TPSA) is 41.6 Å². The number of nitrogens with one attached hydrogen (secondary N) is 1. The first kappa shape index (κ1) is 16.2. The molecule has 0 spiro atoms. The molecule has 1 saturated heterocycles. The van der Waals surface area contributed by atoms with Crippen molar-refractivity contribution in [2.75, 3.05) is 13.1 Å². The van der Waals surface area contributed by atoms with Gasteiger partial charge in [0.2, 0.25) is 0 Å². The highest BCUT2D eigenvalue weighted by atomic mass is 79.9. The number of nitrogens with zero attached hydrogens (tertiary/aromatic N) is 1. The second-order valence-corrected chi connectivity index (χ2v) is 7.07. The average molecular weight is 359 g/mol. The molecule has 0 saturated carbocycles. The second-order valence-electron chi connectivity index (χ2n) is 6.21. The summed E-state index contributed by atoms with van der Waals surface area (Å²) in [5, 5.41) is 3.34. The Morgan fingerprint density at radius 1 is 1.48 bits per heavy atom. The lowest BCUT2D eigenvalue weighted by Gasteiger charge is -2.40. The van der Waals surface area contributed by atoms with Gasteiger partial charge >= 0.3 is 6.09 Å². The van der Waals surface area contributed by atoms with Gasteiger partial charge in [-0.15, -0.1) is 0 Å². The van der Waals surface area contributed by atoms with Crippen LogP contribution in [0.5, 0.6) is 0 Å². The van der Waals surface area contributed by atoms with Crippen molar-refractivity contribution < 1.29 is 13.9 Å². The number of hydrogen-bond acceptors (Lipinski definition) is 3. The van der Waals surface area contributed by atoms with Crippen LogP contribution in [0.25, 0.3) is 0 Å². The molecule has 1 N–H and O–H groups in total. The largest absolute Gasteiger partial charge is 0.444 e. The zero-order chi connectivity index (χ0) is 15.6. The van der Waals surface area contributed by atoms with Gasteiger partial charge in [-0.25, -0.2) is 9.18 Å². The van der Waals surface area contributed by atoms with Crippen molar-refractivity contribution in [1.29, 1.82) is 0 Å². The SMILES string of the molecule is CC(C)(C)OC(=O)N1CC(NCc2ccc(F)c(Br)c2)C1. The fourth-order valence-electron chi connectivity index (χ4n) is 2.00. The van der Waals surface area contributed by atoms with E-state index in [1.54, 1.807) is 17.0 Å². The zero-order valence-corrected chi connectivity index (χ0v) is 14.0. The van der Waals surface area contributed by atoms with E-state index < -0.39 is 5.60 Å². The lowest BCUT2D eigenvalue weighted by molar-refractivity contribution is 0.00518. The minimum atomic E-state index is -0.462. The average Bonchev–Trinajstić information content (AvgIpc) is 2.29. The number of halogens is 2. The van der Waals surface area contributed by atoms with E-state index in [-0.39, 0.29) is 18.0 Å². The Kier molecular flexibility index (Phi) is 4.88. The molecule has 1 fully saturated rings. The van der Waals surface area contributed by atoms with Gasteiger partial charge in [-0.1, -0.05) is 6.07 Å². The van der Waals surface area contributed by atoms with Crippen LogP contribution in [0, 0.1) is 5.82 Å². The van der Waals surface area contributed by atoms with Crippen LogP contribution in [0.2, 0.25) is 0 Å². The quantitative estimate of drug-likeness (QED) is 0.901. The zero-order valence-electron chi connectivity index (χ0n) is 12.5. The number of carbonyl (C=O) groups excluding carboxylic acids is 1. The number of amides is 1. The summed E-state index contributed by atoms with van der Waals surface area (Å²) in [7, 11) is 0. The van der Waals surface area contributed by atoms with Crippen LogP contribution in [-0.2, 0) is 11.3 Å². The highest BCUT2D eigenvalue weighted by Gasteiger charge is 2.33. The molecule has 0 atom stereocenters. The van der Waals surface area contributed by atoms with E-state index in [1.165, 1.54) is 6.07 Å². The molecule has 0 unspecified atom stereocenters. The third-order valence-corrected chi connectivity index (χ3v) is 3.72. The number of ether oxygens (including phenoxy) is 1. The molecular weight excluding hydrogens is 339 g/mol. The van der Waals surface area contributed by atoms with Gasteiger partial charge in [0.1, 0.15) is 11.4 Å². The van der Waals surface area contributed by atoms with Crippen LogP contribution < -0.4 is 5.32 Å². The first-order chi connectivity index (χ1) is 9.74. The van der Waals surface area contributed by atoms with E-state index in [4.69, 9.17) is 4.74 Å². The van der Waals surface area contributed by atoms with Crippen molar-refractivity contribution in [3.63, 3.8) is 0 Å². The van der Waals surface area contributed by atoms with Crippen molar-refractivity contribution in [3.05, 3.63) is 34.1 Å².